The molecular formula is C14H24BrN3. The summed E-state index contributed by atoms with van der Waals surface area (Å²) in [4.78, 5) is 11.4. The molecule has 0 spiro atoms. The summed E-state index contributed by atoms with van der Waals surface area (Å²) in [6.45, 7) is 10.8. The molecule has 0 aliphatic rings. The lowest BCUT2D eigenvalue weighted by atomic mass is 9.96. The van der Waals surface area contributed by atoms with Crippen LogP contribution < -0.4 is 4.90 Å². The van der Waals surface area contributed by atoms with Crippen molar-refractivity contribution in [2.45, 2.75) is 58.9 Å². The Hall–Kier alpha value is -0.640. The molecule has 0 saturated heterocycles. The zero-order valence-corrected chi connectivity index (χ0v) is 13.9. The van der Waals surface area contributed by atoms with E-state index in [-0.39, 0.29) is 5.41 Å². The highest BCUT2D eigenvalue weighted by molar-refractivity contribution is 9.10. The van der Waals surface area contributed by atoms with Crippen molar-refractivity contribution in [3.05, 3.63) is 16.5 Å². The van der Waals surface area contributed by atoms with Crippen LogP contribution in [-0.2, 0) is 5.41 Å². The fourth-order valence-electron chi connectivity index (χ4n) is 1.76. The average Bonchev–Trinajstić information content (AvgIpc) is 2.26. The van der Waals surface area contributed by atoms with Gasteiger partial charge in [-0.15, -0.1) is 0 Å². The van der Waals surface area contributed by atoms with E-state index in [2.05, 4.69) is 67.5 Å². The van der Waals surface area contributed by atoms with E-state index >= 15 is 0 Å². The number of halogens is 1. The topological polar surface area (TPSA) is 29.0 Å². The Balaban J connectivity index is 3.06. The molecule has 18 heavy (non-hydrogen) atoms. The molecule has 1 heterocycles. The molecule has 0 radical (unpaired) electrons. The van der Waals surface area contributed by atoms with Gasteiger partial charge >= 0.3 is 0 Å². The summed E-state index contributed by atoms with van der Waals surface area (Å²) in [5, 5.41) is 0. The molecule has 0 aliphatic carbocycles. The highest BCUT2D eigenvalue weighted by Crippen LogP contribution is 2.25. The SMILES string of the molecule is CCCC(C)N(C)c1cc(Br)nc(C(C)(C)C)n1. The van der Waals surface area contributed by atoms with Gasteiger partial charge in [-0.25, -0.2) is 9.97 Å². The maximum absolute atomic E-state index is 4.69. The zero-order chi connectivity index (χ0) is 13.9. The van der Waals surface area contributed by atoms with Gasteiger partial charge in [-0.1, -0.05) is 34.1 Å². The molecule has 0 saturated carbocycles. The Morgan fingerprint density at radius 3 is 2.44 bits per heavy atom. The van der Waals surface area contributed by atoms with Crippen LogP contribution in [0.2, 0.25) is 0 Å². The molecule has 0 fully saturated rings. The predicted molar refractivity (Wildman–Crippen MR) is 81.2 cm³/mol. The molecule has 0 amide bonds. The summed E-state index contributed by atoms with van der Waals surface area (Å²) in [7, 11) is 2.10. The van der Waals surface area contributed by atoms with Crippen LogP contribution in [0.15, 0.2) is 10.7 Å². The van der Waals surface area contributed by atoms with E-state index in [9.17, 15) is 0 Å². The van der Waals surface area contributed by atoms with Gasteiger partial charge in [0.1, 0.15) is 16.2 Å². The predicted octanol–water partition coefficient (Wildman–Crippen LogP) is 4.16. The number of aromatic nitrogens is 2. The van der Waals surface area contributed by atoms with E-state index in [1.165, 1.54) is 12.8 Å². The van der Waals surface area contributed by atoms with Crippen LogP contribution in [0.1, 0.15) is 53.3 Å². The lowest BCUT2D eigenvalue weighted by molar-refractivity contribution is 0.538. The molecule has 1 unspecified atom stereocenters. The Morgan fingerprint density at radius 2 is 1.94 bits per heavy atom. The van der Waals surface area contributed by atoms with E-state index in [0.29, 0.717) is 6.04 Å². The number of nitrogens with zero attached hydrogens (tertiary/aromatic N) is 3. The van der Waals surface area contributed by atoms with Gasteiger partial charge < -0.3 is 4.90 Å². The van der Waals surface area contributed by atoms with E-state index in [1.54, 1.807) is 0 Å². The van der Waals surface area contributed by atoms with Crippen LogP contribution in [0.25, 0.3) is 0 Å². The van der Waals surface area contributed by atoms with Crippen LogP contribution >= 0.6 is 15.9 Å². The lowest BCUT2D eigenvalue weighted by Crippen LogP contribution is -2.30. The highest BCUT2D eigenvalue weighted by atomic mass is 79.9. The summed E-state index contributed by atoms with van der Waals surface area (Å²) < 4.78 is 0.855. The molecule has 0 aromatic carbocycles. The van der Waals surface area contributed by atoms with Gasteiger partial charge in [0, 0.05) is 24.6 Å². The number of hydrogen-bond donors (Lipinski definition) is 0. The highest BCUT2D eigenvalue weighted by Gasteiger charge is 2.20. The third-order valence-corrected chi connectivity index (χ3v) is 3.49. The van der Waals surface area contributed by atoms with Crippen molar-refractivity contribution in [2.75, 3.05) is 11.9 Å². The molecule has 0 bridgehead atoms. The molecule has 102 valence electrons. The normalized spacial score (nSPS) is 13.5. The van der Waals surface area contributed by atoms with Crippen LogP contribution in [0.3, 0.4) is 0 Å². The molecular weight excluding hydrogens is 290 g/mol. The molecule has 3 nitrogen and oxygen atoms in total. The van der Waals surface area contributed by atoms with Crippen LogP contribution in [0.5, 0.6) is 0 Å². The second-order valence-corrected chi connectivity index (χ2v) is 6.68. The minimum absolute atomic E-state index is 0.0344. The van der Waals surface area contributed by atoms with Gasteiger partial charge in [0.25, 0.3) is 0 Å². The van der Waals surface area contributed by atoms with Crippen LogP contribution in [0.4, 0.5) is 5.82 Å². The van der Waals surface area contributed by atoms with Gasteiger partial charge in [0.2, 0.25) is 0 Å². The monoisotopic (exact) mass is 313 g/mol. The third kappa shape index (κ3) is 3.94. The largest absolute Gasteiger partial charge is 0.357 e. The first-order valence-electron chi connectivity index (χ1n) is 6.53. The minimum atomic E-state index is -0.0344. The Morgan fingerprint density at radius 1 is 1.33 bits per heavy atom. The van der Waals surface area contributed by atoms with Crippen molar-refractivity contribution in [2.24, 2.45) is 0 Å². The van der Waals surface area contributed by atoms with E-state index in [1.807, 2.05) is 6.07 Å². The van der Waals surface area contributed by atoms with Crippen molar-refractivity contribution < 1.29 is 0 Å². The van der Waals surface area contributed by atoms with Gasteiger partial charge in [-0.3, -0.25) is 0 Å². The van der Waals surface area contributed by atoms with Crippen LogP contribution in [-0.4, -0.2) is 23.1 Å². The molecule has 4 heteroatoms. The third-order valence-electron chi connectivity index (χ3n) is 3.08. The molecule has 0 aliphatic heterocycles. The van der Waals surface area contributed by atoms with Gasteiger partial charge in [0.15, 0.2) is 0 Å². The van der Waals surface area contributed by atoms with Gasteiger partial charge in [-0.05, 0) is 29.3 Å². The Labute approximate surface area is 119 Å². The standard InChI is InChI=1S/C14H24BrN3/c1-7-8-10(2)18(6)12-9-11(15)16-13(17-12)14(3,4)5/h9-10H,7-8H2,1-6H3. The quantitative estimate of drug-likeness (QED) is 0.781. The van der Waals surface area contributed by atoms with Crippen molar-refractivity contribution >= 4 is 21.7 Å². The number of hydrogen-bond acceptors (Lipinski definition) is 3. The Bertz CT molecular complexity index is 399. The zero-order valence-electron chi connectivity index (χ0n) is 12.3. The minimum Gasteiger partial charge on any atom is -0.357 e. The van der Waals surface area contributed by atoms with E-state index in [4.69, 9.17) is 4.98 Å². The lowest BCUT2D eigenvalue weighted by Gasteiger charge is -2.27. The number of anilines is 1. The first-order chi connectivity index (χ1) is 8.25. The summed E-state index contributed by atoms with van der Waals surface area (Å²) in [5.41, 5.74) is -0.0344. The second-order valence-electron chi connectivity index (χ2n) is 5.87. The molecule has 0 N–H and O–H groups in total. The van der Waals surface area contributed by atoms with Crippen molar-refractivity contribution in [1.82, 2.24) is 9.97 Å². The summed E-state index contributed by atoms with van der Waals surface area (Å²) >= 11 is 3.48. The molecule has 1 atom stereocenters. The van der Waals surface area contributed by atoms with Crippen molar-refractivity contribution in [1.29, 1.82) is 0 Å². The first-order valence-corrected chi connectivity index (χ1v) is 7.33. The summed E-state index contributed by atoms with van der Waals surface area (Å²) in [6.07, 6.45) is 2.35. The first kappa shape index (κ1) is 15.4. The molecule has 1 rings (SSSR count). The Kier molecular flexibility index (Phi) is 5.14. The maximum atomic E-state index is 4.69. The summed E-state index contributed by atoms with van der Waals surface area (Å²) in [5.74, 6) is 1.87. The average molecular weight is 314 g/mol. The van der Waals surface area contributed by atoms with Crippen molar-refractivity contribution in [3.8, 4) is 0 Å². The van der Waals surface area contributed by atoms with E-state index in [0.717, 1.165) is 16.2 Å². The molecule has 1 aromatic heterocycles. The van der Waals surface area contributed by atoms with Crippen LogP contribution in [0, 0.1) is 0 Å². The number of rotatable bonds is 4. The second kappa shape index (κ2) is 6.00. The van der Waals surface area contributed by atoms with Gasteiger partial charge in [-0.2, -0.15) is 0 Å². The van der Waals surface area contributed by atoms with E-state index < -0.39 is 0 Å². The summed E-state index contributed by atoms with van der Waals surface area (Å²) in [6, 6.07) is 2.48. The fourth-order valence-corrected chi connectivity index (χ4v) is 2.13. The maximum Gasteiger partial charge on any atom is 0.137 e. The fraction of sp³-hybridized carbons (Fsp3) is 0.714. The van der Waals surface area contributed by atoms with Gasteiger partial charge in [0.05, 0.1) is 0 Å². The molecule has 1 aromatic rings. The smallest absolute Gasteiger partial charge is 0.137 e. The van der Waals surface area contributed by atoms with Crippen molar-refractivity contribution in [3.63, 3.8) is 0 Å².